The summed E-state index contributed by atoms with van der Waals surface area (Å²) in [7, 11) is 1.33. The summed E-state index contributed by atoms with van der Waals surface area (Å²) in [6.07, 6.45) is 0. The van der Waals surface area contributed by atoms with E-state index in [9.17, 15) is 4.79 Å². The molecule has 0 bridgehead atoms. The minimum atomic E-state index is -0.655. The second-order valence-electron chi connectivity index (χ2n) is 3.82. The van der Waals surface area contributed by atoms with E-state index < -0.39 is 5.41 Å². The lowest BCUT2D eigenvalue weighted by Crippen LogP contribution is -2.44. The van der Waals surface area contributed by atoms with Crippen LogP contribution in [0, 0.1) is 5.41 Å². The van der Waals surface area contributed by atoms with Gasteiger partial charge in [0, 0.05) is 6.54 Å². The third-order valence-corrected chi connectivity index (χ3v) is 2.01. The number of carbonyl (C=O) groups excluding carboxylic acids is 1. The zero-order valence-corrected chi connectivity index (χ0v) is 8.91. The van der Waals surface area contributed by atoms with Gasteiger partial charge in [0.1, 0.15) is 0 Å². The van der Waals surface area contributed by atoms with Crippen molar-refractivity contribution in [1.82, 2.24) is 5.32 Å². The number of rotatable bonds is 6. The van der Waals surface area contributed by atoms with Gasteiger partial charge in [-0.1, -0.05) is 0 Å². The molecule has 0 amide bonds. The van der Waals surface area contributed by atoms with Crippen LogP contribution in [0.25, 0.3) is 0 Å². The summed E-state index contributed by atoms with van der Waals surface area (Å²) in [6, 6.07) is -0.390. The van der Waals surface area contributed by atoms with Gasteiger partial charge in [0.05, 0.1) is 31.8 Å². The Bertz CT molecular complexity index is 178. The average molecular weight is 205 g/mol. The zero-order chi connectivity index (χ0) is 11.2. The van der Waals surface area contributed by atoms with Crippen molar-refractivity contribution in [1.29, 1.82) is 0 Å². The molecule has 0 aliphatic rings. The molecule has 0 rings (SSSR count). The van der Waals surface area contributed by atoms with Gasteiger partial charge in [-0.3, -0.25) is 4.79 Å². The summed E-state index contributed by atoms with van der Waals surface area (Å²) in [5, 5.41) is 20.4. The van der Waals surface area contributed by atoms with E-state index >= 15 is 0 Å². The third-order valence-electron chi connectivity index (χ3n) is 2.01. The second-order valence-corrected chi connectivity index (χ2v) is 3.82. The van der Waals surface area contributed by atoms with Gasteiger partial charge in [-0.2, -0.15) is 0 Å². The first-order valence-corrected chi connectivity index (χ1v) is 4.51. The highest BCUT2D eigenvalue weighted by Gasteiger charge is 2.28. The van der Waals surface area contributed by atoms with Crippen molar-refractivity contribution in [3.05, 3.63) is 0 Å². The minimum absolute atomic E-state index is 0.159. The fraction of sp³-hybridized carbons (Fsp3) is 0.889. The summed E-state index contributed by atoms with van der Waals surface area (Å²) in [5.41, 5.74) is -0.655. The van der Waals surface area contributed by atoms with Gasteiger partial charge >= 0.3 is 5.97 Å². The Morgan fingerprint density at radius 2 is 1.93 bits per heavy atom. The lowest BCUT2D eigenvalue weighted by Gasteiger charge is -2.24. The van der Waals surface area contributed by atoms with E-state index in [-0.39, 0.29) is 25.2 Å². The Balaban J connectivity index is 4.03. The van der Waals surface area contributed by atoms with Gasteiger partial charge in [-0.25, -0.2) is 0 Å². The predicted octanol–water partition coefficient (Wildman–Crippen LogP) is -0.872. The van der Waals surface area contributed by atoms with Crippen molar-refractivity contribution in [2.24, 2.45) is 5.41 Å². The monoisotopic (exact) mass is 205 g/mol. The molecule has 5 nitrogen and oxygen atoms in total. The van der Waals surface area contributed by atoms with Crippen molar-refractivity contribution < 1.29 is 19.7 Å². The normalized spacial score (nSPS) is 11.9. The van der Waals surface area contributed by atoms with Gasteiger partial charge < -0.3 is 20.3 Å². The molecule has 0 aliphatic carbocycles. The Morgan fingerprint density at radius 1 is 1.43 bits per heavy atom. The van der Waals surface area contributed by atoms with Crippen LogP contribution in [0.3, 0.4) is 0 Å². The fourth-order valence-electron chi connectivity index (χ4n) is 0.935. The fourth-order valence-corrected chi connectivity index (χ4v) is 0.935. The molecule has 0 saturated heterocycles. The number of hydrogen-bond donors (Lipinski definition) is 3. The number of aliphatic hydroxyl groups excluding tert-OH is 2. The predicted molar refractivity (Wildman–Crippen MR) is 51.8 cm³/mol. The van der Waals surface area contributed by atoms with Gasteiger partial charge in [0.2, 0.25) is 0 Å². The molecule has 84 valence electrons. The molecule has 3 N–H and O–H groups in total. The second kappa shape index (κ2) is 5.95. The van der Waals surface area contributed by atoms with Gasteiger partial charge in [-0.15, -0.1) is 0 Å². The van der Waals surface area contributed by atoms with Gasteiger partial charge in [0.15, 0.2) is 0 Å². The number of nitrogens with one attached hydrogen (secondary N) is 1. The highest BCUT2D eigenvalue weighted by Crippen LogP contribution is 2.15. The molecule has 0 aromatic rings. The molecule has 0 spiro atoms. The van der Waals surface area contributed by atoms with E-state index in [0.29, 0.717) is 6.54 Å². The van der Waals surface area contributed by atoms with Crippen LogP contribution < -0.4 is 5.32 Å². The van der Waals surface area contributed by atoms with Crippen LogP contribution in [0.2, 0.25) is 0 Å². The number of ether oxygens (including phenoxy) is 1. The Kier molecular flexibility index (Phi) is 5.68. The molecule has 0 atom stereocenters. The van der Waals surface area contributed by atoms with Crippen molar-refractivity contribution in [3.63, 3.8) is 0 Å². The molecular formula is C9H19NO4. The molecule has 0 aromatic carbocycles. The number of methoxy groups -OCH3 is 1. The maximum Gasteiger partial charge on any atom is 0.312 e. The SMILES string of the molecule is COC(=O)C(C)(C)CNC(CO)CO. The molecule has 14 heavy (non-hydrogen) atoms. The molecule has 0 saturated carbocycles. The highest BCUT2D eigenvalue weighted by molar-refractivity contribution is 5.76. The molecule has 0 aromatic heterocycles. The van der Waals surface area contributed by atoms with E-state index in [1.165, 1.54) is 7.11 Å². The van der Waals surface area contributed by atoms with Crippen LogP contribution in [0.15, 0.2) is 0 Å². The number of aliphatic hydroxyl groups is 2. The standard InChI is InChI=1S/C9H19NO4/c1-9(2,8(13)14-3)6-10-7(4-11)5-12/h7,10-12H,4-6H2,1-3H3. The number of esters is 1. The van der Waals surface area contributed by atoms with Crippen molar-refractivity contribution in [2.45, 2.75) is 19.9 Å². The summed E-state index contributed by atoms with van der Waals surface area (Å²) in [5.74, 6) is -0.320. The van der Waals surface area contributed by atoms with Crippen LogP contribution in [0.4, 0.5) is 0 Å². The molecule has 5 heteroatoms. The average Bonchev–Trinajstić information content (AvgIpc) is 2.18. The molecule has 0 heterocycles. The van der Waals surface area contributed by atoms with E-state index in [2.05, 4.69) is 10.1 Å². The summed E-state index contributed by atoms with van der Waals surface area (Å²) in [6.45, 7) is 3.50. The van der Waals surface area contributed by atoms with E-state index in [4.69, 9.17) is 10.2 Å². The van der Waals surface area contributed by atoms with Crippen molar-refractivity contribution >= 4 is 5.97 Å². The molecule has 0 unspecified atom stereocenters. The van der Waals surface area contributed by atoms with E-state index in [1.807, 2.05) is 0 Å². The van der Waals surface area contributed by atoms with Crippen LogP contribution in [0.1, 0.15) is 13.8 Å². The highest BCUT2D eigenvalue weighted by atomic mass is 16.5. The minimum Gasteiger partial charge on any atom is -0.469 e. The van der Waals surface area contributed by atoms with Crippen molar-refractivity contribution in [2.75, 3.05) is 26.9 Å². The maximum absolute atomic E-state index is 11.2. The summed E-state index contributed by atoms with van der Waals surface area (Å²) >= 11 is 0. The first-order valence-electron chi connectivity index (χ1n) is 4.51. The first-order chi connectivity index (χ1) is 6.47. The van der Waals surface area contributed by atoms with Crippen LogP contribution in [0.5, 0.6) is 0 Å². The van der Waals surface area contributed by atoms with Crippen LogP contribution >= 0.6 is 0 Å². The third kappa shape index (κ3) is 4.04. The summed E-state index contributed by atoms with van der Waals surface area (Å²) in [4.78, 5) is 11.2. The topological polar surface area (TPSA) is 78.8 Å². The Hall–Kier alpha value is -0.650. The lowest BCUT2D eigenvalue weighted by molar-refractivity contribution is -0.150. The first kappa shape index (κ1) is 13.4. The van der Waals surface area contributed by atoms with Crippen molar-refractivity contribution in [3.8, 4) is 0 Å². The Morgan fingerprint density at radius 3 is 2.29 bits per heavy atom. The quantitative estimate of drug-likeness (QED) is 0.491. The Labute approximate surface area is 84.1 Å². The van der Waals surface area contributed by atoms with E-state index in [1.54, 1.807) is 13.8 Å². The van der Waals surface area contributed by atoms with Crippen LogP contribution in [-0.2, 0) is 9.53 Å². The molecular weight excluding hydrogens is 186 g/mol. The molecule has 0 fully saturated rings. The van der Waals surface area contributed by atoms with E-state index in [0.717, 1.165) is 0 Å². The number of carbonyl (C=O) groups is 1. The molecule has 0 radical (unpaired) electrons. The number of hydrogen-bond acceptors (Lipinski definition) is 5. The largest absolute Gasteiger partial charge is 0.469 e. The smallest absolute Gasteiger partial charge is 0.312 e. The molecule has 0 aliphatic heterocycles. The zero-order valence-electron chi connectivity index (χ0n) is 8.91. The van der Waals surface area contributed by atoms with Crippen LogP contribution in [-0.4, -0.2) is 49.1 Å². The van der Waals surface area contributed by atoms with Gasteiger partial charge in [0.25, 0.3) is 0 Å². The summed E-state index contributed by atoms with van der Waals surface area (Å²) < 4.78 is 4.61. The maximum atomic E-state index is 11.2. The lowest BCUT2D eigenvalue weighted by atomic mass is 9.93. The van der Waals surface area contributed by atoms with Gasteiger partial charge in [-0.05, 0) is 13.8 Å².